The standard InChI is InChI=1S/C17H26BrNO/c1-2-19-13-17(15-11-7-8-12-16(15)18)20-14-9-5-3-4-6-10-14/h7-8,11-12,14,17,19H,2-6,9-10,13H2,1H3. The lowest BCUT2D eigenvalue weighted by atomic mass is 10.1. The van der Waals surface area contributed by atoms with E-state index in [0.717, 1.165) is 17.6 Å². The molecule has 0 aliphatic heterocycles. The zero-order valence-corrected chi connectivity index (χ0v) is 14.0. The Balaban J connectivity index is 2.04. The van der Waals surface area contributed by atoms with Crippen molar-refractivity contribution in [2.75, 3.05) is 13.1 Å². The number of hydrogen-bond acceptors (Lipinski definition) is 2. The Morgan fingerprint density at radius 1 is 1.20 bits per heavy atom. The highest BCUT2D eigenvalue weighted by Crippen LogP contribution is 2.30. The average molecular weight is 340 g/mol. The second-order valence-electron chi connectivity index (χ2n) is 5.57. The third-order valence-corrected chi connectivity index (χ3v) is 4.71. The van der Waals surface area contributed by atoms with Gasteiger partial charge in [0.25, 0.3) is 0 Å². The SMILES string of the molecule is CCNCC(OC1CCCCCC1)c1ccccc1Br. The van der Waals surface area contributed by atoms with Crippen LogP contribution in [0.25, 0.3) is 0 Å². The van der Waals surface area contributed by atoms with Crippen LogP contribution in [0.5, 0.6) is 0 Å². The summed E-state index contributed by atoms with van der Waals surface area (Å²) < 4.78 is 7.60. The Kier molecular flexibility index (Phi) is 7.05. The molecule has 1 atom stereocenters. The first-order valence-corrected chi connectivity index (χ1v) is 8.71. The van der Waals surface area contributed by atoms with E-state index in [9.17, 15) is 0 Å². The Hall–Kier alpha value is -0.380. The van der Waals surface area contributed by atoms with E-state index < -0.39 is 0 Å². The van der Waals surface area contributed by atoms with E-state index in [1.807, 2.05) is 0 Å². The molecule has 1 saturated carbocycles. The van der Waals surface area contributed by atoms with Gasteiger partial charge < -0.3 is 10.1 Å². The van der Waals surface area contributed by atoms with Crippen LogP contribution in [0.2, 0.25) is 0 Å². The van der Waals surface area contributed by atoms with Gasteiger partial charge in [-0.25, -0.2) is 0 Å². The molecule has 0 heterocycles. The molecular weight excluding hydrogens is 314 g/mol. The molecule has 0 spiro atoms. The highest BCUT2D eigenvalue weighted by atomic mass is 79.9. The van der Waals surface area contributed by atoms with Gasteiger partial charge in [-0.3, -0.25) is 0 Å². The average Bonchev–Trinajstić information content (AvgIpc) is 2.73. The van der Waals surface area contributed by atoms with Gasteiger partial charge >= 0.3 is 0 Å². The summed E-state index contributed by atoms with van der Waals surface area (Å²) in [4.78, 5) is 0. The van der Waals surface area contributed by atoms with Gasteiger partial charge in [0.15, 0.2) is 0 Å². The predicted molar refractivity (Wildman–Crippen MR) is 88.0 cm³/mol. The Morgan fingerprint density at radius 3 is 2.55 bits per heavy atom. The number of likely N-dealkylation sites (N-methyl/N-ethyl adjacent to an activating group) is 1. The molecule has 3 heteroatoms. The van der Waals surface area contributed by atoms with Crippen molar-refractivity contribution in [1.29, 1.82) is 0 Å². The van der Waals surface area contributed by atoms with Gasteiger partial charge in [-0.2, -0.15) is 0 Å². The van der Waals surface area contributed by atoms with E-state index in [0.29, 0.717) is 6.10 Å². The molecule has 2 nitrogen and oxygen atoms in total. The second kappa shape index (κ2) is 8.81. The summed E-state index contributed by atoms with van der Waals surface area (Å²) in [5.41, 5.74) is 1.26. The number of nitrogens with one attached hydrogen (secondary N) is 1. The van der Waals surface area contributed by atoms with Crippen LogP contribution < -0.4 is 5.32 Å². The molecule has 1 aromatic rings. The van der Waals surface area contributed by atoms with Crippen molar-refractivity contribution in [2.45, 2.75) is 57.7 Å². The fourth-order valence-corrected chi connectivity index (χ4v) is 3.39. The molecule has 0 bridgehead atoms. The quantitative estimate of drug-likeness (QED) is 0.748. The smallest absolute Gasteiger partial charge is 0.0963 e. The summed E-state index contributed by atoms with van der Waals surface area (Å²) in [6.45, 7) is 4.01. The summed E-state index contributed by atoms with van der Waals surface area (Å²) in [6, 6.07) is 8.42. The van der Waals surface area contributed by atoms with Crippen molar-refractivity contribution in [3.05, 3.63) is 34.3 Å². The van der Waals surface area contributed by atoms with Crippen LogP contribution in [0.4, 0.5) is 0 Å². The van der Waals surface area contributed by atoms with Crippen LogP contribution in [0, 0.1) is 0 Å². The molecule has 1 fully saturated rings. The lowest BCUT2D eigenvalue weighted by Gasteiger charge is -2.25. The maximum atomic E-state index is 6.45. The normalized spacial score (nSPS) is 18.7. The maximum absolute atomic E-state index is 6.45. The number of ether oxygens (including phenoxy) is 1. The molecule has 0 aromatic heterocycles. The van der Waals surface area contributed by atoms with Gasteiger partial charge in [0.2, 0.25) is 0 Å². The Morgan fingerprint density at radius 2 is 1.90 bits per heavy atom. The van der Waals surface area contributed by atoms with Gasteiger partial charge in [-0.15, -0.1) is 0 Å². The van der Waals surface area contributed by atoms with E-state index in [-0.39, 0.29) is 6.10 Å². The van der Waals surface area contributed by atoms with Crippen LogP contribution in [0.15, 0.2) is 28.7 Å². The topological polar surface area (TPSA) is 21.3 Å². The first-order valence-electron chi connectivity index (χ1n) is 7.92. The zero-order chi connectivity index (χ0) is 14.2. The van der Waals surface area contributed by atoms with E-state index in [4.69, 9.17) is 4.74 Å². The van der Waals surface area contributed by atoms with Crippen molar-refractivity contribution < 1.29 is 4.74 Å². The van der Waals surface area contributed by atoms with Crippen molar-refractivity contribution in [2.24, 2.45) is 0 Å². The highest BCUT2D eigenvalue weighted by molar-refractivity contribution is 9.10. The molecule has 1 aromatic carbocycles. The monoisotopic (exact) mass is 339 g/mol. The van der Waals surface area contributed by atoms with Crippen molar-refractivity contribution >= 4 is 15.9 Å². The van der Waals surface area contributed by atoms with Gasteiger partial charge in [-0.1, -0.05) is 66.7 Å². The Labute approximate surface area is 131 Å². The molecule has 2 rings (SSSR count). The van der Waals surface area contributed by atoms with E-state index in [1.54, 1.807) is 0 Å². The number of hydrogen-bond donors (Lipinski definition) is 1. The minimum absolute atomic E-state index is 0.147. The van der Waals surface area contributed by atoms with Gasteiger partial charge in [0, 0.05) is 11.0 Å². The van der Waals surface area contributed by atoms with E-state index in [1.165, 1.54) is 44.1 Å². The van der Waals surface area contributed by atoms with Crippen molar-refractivity contribution in [3.8, 4) is 0 Å². The zero-order valence-electron chi connectivity index (χ0n) is 12.4. The van der Waals surface area contributed by atoms with Crippen LogP contribution in [-0.4, -0.2) is 19.2 Å². The van der Waals surface area contributed by atoms with Crippen molar-refractivity contribution in [3.63, 3.8) is 0 Å². The maximum Gasteiger partial charge on any atom is 0.0963 e. The third-order valence-electron chi connectivity index (χ3n) is 3.99. The predicted octanol–water partition coefficient (Wildman–Crippen LogP) is 4.84. The number of rotatable bonds is 6. The first kappa shape index (κ1) is 16.0. The molecular formula is C17H26BrNO. The van der Waals surface area contributed by atoms with E-state index >= 15 is 0 Å². The van der Waals surface area contributed by atoms with Crippen LogP contribution in [-0.2, 0) is 4.74 Å². The number of halogens is 1. The minimum atomic E-state index is 0.147. The molecule has 1 aliphatic rings. The fourth-order valence-electron chi connectivity index (χ4n) is 2.85. The second-order valence-corrected chi connectivity index (χ2v) is 6.42. The van der Waals surface area contributed by atoms with Gasteiger partial charge in [-0.05, 0) is 31.0 Å². The first-order chi connectivity index (χ1) is 9.81. The molecule has 0 amide bonds. The van der Waals surface area contributed by atoms with Gasteiger partial charge in [0.05, 0.1) is 12.2 Å². The lowest BCUT2D eigenvalue weighted by molar-refractivity contribution is -0.0202. The Bertz CT molecular complexity index is 388. The summed E-state index contributed by atoms with van der Waals surface area (Å²) in [6.07, 6.45) is 8.37. The molecule has 1 unspecified atom stereocenters. The molecule has 20 heavy (non-hydrogen) atoms. The molecule has 1 aliphatic carbocycles. The van der Waals surface area contributed by atoms with Crippen LogP contribution >= 0.6 is 15.9 Å². The summed E-state index contributed by atoms with van der Waals surface area (Å²) >= 11 is 3.66. The molecule has 1 N–H and O–H groups in total. The minimum Gasteiger partial charge on any atom is -0.369 e. The molecule has 112 valence electrons. The van der Waals surface area contributed by atoms with Crippen LogP contribution in [0.3, 0.4) is 0 Å². The third kappa shape index (κ3) is 4.87. The molecule has 0 saturated heterocycles. The number of benzene rings is 1. The summed E-state index contributed by atoms with van der Waals surface area (Å²) in [5, 5.41) is 3.43. The van der Waals surface area contributed by atoms with Crippen molar-refractivity contribution in [1.82, 2.24) is 5.32 Å². The summed E-state index contributed by atoms with van der Waals surface area (Å²) in [5.74, 6) is 0. The van der Waals surface area contributed by atoms with Gasteiger partial charge in [0.1, 0.15) is 0 Å². The largest absolute Gasteiger partial charge is 0.369 e. The fraction of sp³-hybridized carbons (Fsp3) is 0.647. The molecule has 0 radical (unpaired) electrons. The van der Waals surface area contributed by atoms with E-state index in [2.05, 4.69) is 52.4 Å². The highest BCUT2D eigenvalue weighted by Gasteiger charge is 2.20. The van der Waals surface area contributed by atoms with Crippen LogP contribution in [0.1, 0.15) is 57.1 Å². The lowest BCUT2D eigenvalue weighted by Crippen LogP contribution is -2.27. The summed E-state index contributed by atoms with van der Waals surface area (Å²) in [7, 11) is 0.